The number of terminal acetylenes is 1. The minimum absolute atomic E-state index is 0.337. The lowest BCUT2D eigenvalue weighted by Gasteiger charge is -2.01. The summed E-state index contributed by atoms with van der Waals surface area (Å²) in [6.45, 7) is 0. The number of hydrogen-bond donors (Lipinski definition) is 1. The first-order chi connectivity index (χ1) is 6.13. The van der Waals surface area contributed by atoms with E-state index in [2.05, 4.69) is 21.2 Å². The number of hydrogen-bond acceptors (Lipinski definition) is 1. The van der Waals surface area contributed by atoms with Crippen molar-refractivity contribution in [1.29, 1.82) is 0 Å². The molecule has 0 radical (unpaired) electrons. The average molecular weight is 242 g/mol. The maximum Gasteiger partial charge on any atom is 0.300 e. The number of carbonyl (C=O) groups excluding carboxylic acids is 1. The molecule has 0 spiro atoms. The number of benzene rings is 1. The zero-order valence-corrected chi connectivity index (χ0v) is 8.06. The summed E-state index contributed by atoms with van der Waals surface area (Å²) < 4.78 is 13.2. The summed E-state index contributed by atoms with van der Waals surface area (Å²) in [5, 5.41) is 2.32. The lowest BCUT2D eigenvalue weighted by atomic mass is 10.3. The number of nitrogens with one attached hydrogen (secondary N) is 1. The second-order valence-electron chi connectivity index (χ2n) is 2.23. The summed E-state index contributed by atoms with van der Waals surface area (Å²) in [6, 6.07) is 4.21. The molecule has 1 amide bonds. The fourth-order valence-corrected chi connectivity index (χ4v) is 0.988. The molecule has 66 valence electrons. The van der Waals surface area contributed by atoms with Crippen LogP contribution in [-0.4, -0.2) is 5.91 Å². The number of halogens is 2. The first-order valence-corrected chi connectivity index (χ1v) is 4.15. The van der Waals surface area contributed by atoms with Crippen LogP contribution in [0.1, 0.15) is 0 Å². The molecule has 0 bridgehead atoms. The molecule has 0 aliphatic carbocycles. The van der Waals surface area contributed by atoms with Crippen molar-refractivity contribution < 1.29 is 9.18 Å². The van der Waals surface area contributed by atoms with E-state index in [1.54, 1.807) is 6.07 Å². The van der Waals surface area contributed by atoms with E-state index in [1.165, 1.54) is 12.1 Å². The zero-order chi connectivity index (χ0) is 9.84. The van der Waals surface area contributed by atoms with Gasteiger partial charge in [-0.15, -0.1) is 6.42 Å². The molecule has 0 aliphatic rings. The standard InChI is InChI=1S/C9H5BrFNO/c1-2-9(13)12-6-3-4-7(10)8(11)5-6/h1,3-5H,(H,12,13). The zero-order valence-electron chi connectivity index (χ0n) is 6.47. The van der Waals surface area contributed by atoms with Crippen molar-refractivity contribution in [3.05, 3.63) is 28.5 Å². The van der Waals surface area contributed by atoms with Gasteiger partial charge >= 0.3 is 0 Å². The summed E-state index contributed by atoms with van der Waals surface area (Å²) in [6.07, 6.45) is 4.82. The Bertz CT molecular complexity index is 384. The van der Waals surface area contributed by atoms with Gasteiger partial charge in [0.15, 0.2) is 0 Å². The van der Waals surface area contributed by atoms with Crippen molar-refractivity contribution in [2.45, 2.75) is 0 Å². The minimum atomic E-state index is -0.596. The Hall–Kier alpha value is -1.34. The Morgan fingerprint density at radius 1 is 1.62 bits per heavy atom. The maximum atomic E-state index is 12.9. The van der Waals surface area contributed by atoms with Gasteiger partial charge in [0, 0.05) is 5.69 Å². The van der Waals surface area contributed by atoms with E-state index in [4.69, 9.17) is 6.42 Å². The number of carbonyl (C=O) groups is 1. The molecule has 0 saturated carbocycles. The molecule has 1 aromatic rings. The van der Waals surface area contributed by atoms with Crippen molar-refractivity contribution in [2.75, 3.05) is 5.32 Å². The number of rotatable bonds is 1. The third kappa shape index (κ3) is 2.56. The third-order valence-electron chi connectivity index (χ3n) is 1.31. The molecule has 0 aromatic heterocycles. The van der Waals surface area contributed by atoms with Crippen LogP contribution in [0.5, 0.6) is 0 Å². The van der Waals surface area contributed by atoms with Crippen LogP contribution in [0.4, 0.5) is 10.1 Å². The Kier molecular flexibility index (Phi) is 3.04. The van der Waals surface area contributed by atoms with Gasteiger partial charge in [0.25, 0.3) is 5.91 Å². The van der Waals surface area contributed by atoms with E-state index in [-0.39, 0.29) is 0 Å². The van der Waals surface area contributed by atoms with Gasteiger partial charge in [-0.3, -0.25) is 4.79 Å². The highest BCUT2D eigenvalue weighted by Crippen LogP contribution is 2.18. The molecule has 0 saturated heterocycles. The van der Waals surface area contributed by atoms with Gasteiger partial charge in [0.05, 0.1) is 4.47 Å². The molecule has 13 heavy (non-hydrogen) atoms. The fourth-order valence-electron chi connectivity index (χ4n) is 0.741. The molecule has 0 fully saturated rings. The summed E-state index contributed by atoms with van der Waals surface area (Å²) in [7, 11) is 0. The predicted octanol–water partition coefficient (Wildman–Crippen LogP) is 2.16. The van der Waals surface area contributed by atoms with Gasteiger partial charge in [-0.25, -0.2) is 4.39 Å². The molecular weight excluding hydrogens is 237 g/mol. The lowest BCUT2D eigenvalue weighted by molar-refractivity contribution is -0.111. The van der Waals surface area contributed by atoms with Crippen molar-refractivity contribution in [3.8, 4) is 12.3 Å². The van der Waals surface area contributed by atoms with Crippen LogP contribution >= 0.6 is 15.9 Å². The fraction of sp³-hybridized carbons (Fsp3) is 0. The molecule has 0 atom stereocenters. The van der Waals surface area contributed by atoms with Crippen molar-refractivity contribution in [1.82, 2.24) is 0 Å². The SMILES string of the molecule is C#CC(=O)Nc1ccc(Br)c(F)c1. The smallest absolute Gasteiger partial charge is 0.300 e. The Balaban J connectivity index is 2.87. The second-order valence-corrected chi connectivity index (χ2v) is 3.08. The maximum absolute atomic E-state index is 12.9. The Labute approximate surface area is 83.3 Å². The summed E-state index contributed by atoms with van der Waals surface area (Å²) in [5.74, 6) is 0.818. The van der Waals surface area contributed by atoms with E-state index in [0.29, 0.717) is 10.2 Å². The largest absolute Gasteiger partial charge is 0.315 e. The van der Waals surface area contributed by atoms with Gasteiger partial charge in [-0.1, -0.05) is 0 Å². The molecule has 0 heterocycles. The van der Waals surface area contributed by atoms with Crippen LogP contribution in [0.15, 0.2) is 22.7 Å². The van der Waals surface area contributed by atoms with Crippen LogP contribution in [0, 0.1) is 18.2 Å². The Morgan fingerprint density at radius 3 is 2.85 bits per heavy atom. The van der Waals surface area contributed by atoms with Gasteiger partial charge in [-0.2, -0.15) is 0 Å². The molecule has 2 nitrogen and oxygen atoms in total. The van der Waals surface area contributed by atoms with Gasteiger partial charge in [-0.05, 0) is 40.0 Å². The number of anilines is 1. The van der Waals surface area contributed by atoms with E-state index in [9.17, 15) is 9.18 Å². The van der Waals surface area contributed by atoms with Crippen molar-refractivity contribution in [2.24, 2.45) is 0 Å². The average Bonchev–Trinajstić information content (AvgIpc) is 2.11. The quantitative estimate of drug-likeness (QED) is 0.751. The molecule has 0 aliphatic heterocycles. The highest BCUT2D eigenvalue weighted by Gasteiger charge is 2.01. The molecule has 0 unspecified atom stereocenters. The summed E-state index contributed by atoms with van der Waals surface area (Å²) in [4.78, 5) is 10.7. The molecule has 1 rings (SSSR count). The minimum Gasteiger partial charge on any atom is -0.315 e. The molecule has 1 N–H and O–H groups in total. The van der Waals surface area contributed by atoms with E-state index >= 15 is 0 Å². The van der Waals surface area contributed by atoms with Gasteiger partial charge in [0.2, 0.25) is 0 Å². The molecule has 4 heteroatoms. The summed E-state index contributed by atoms with van der Waals surface area (Å²) in [5.41, 5.74) is 0.337. The van der Waals surface area contributed by atoms with E-state index < -0.39 is 11.7 Å². The summed E-state index contributed by atoms with van der Waals surface area (Å²) >= 11 is 2.98. The molecule has 1 aromatic carbocycles. The van der Waals surface area contributed by atoms with Crippen LogP contribution < -0.4 is 5.32 Å². The number of amides is 1. The van der Waals surface area contributed by atoms with Crippen LogP contribution in [0.3, 0.4) is 0 Å². The topological polar surface area (TPSA) is 29.1 Å². The highest BCUT2D eigenvalue weighted by atomic mass is 79.9. The lowest BCUT2D eigenvalue weighted by Crippen LogP contribution is -2.07. The third-order valence-corrected chi connectivity index (χ3v) is 1.95. The highest BCUT2D eigenvalue weighted by molar-refractivity contribution is 9.10. The first kappa shape index (κ1) is 9.75. The van der Waals surface area contributed by atoms with Crippen molar-refractivity contribution in [3.63, 3.8) is 0 Å². The van der Waals surface area contributed by atoms with E-state index in [1.807, 2.05) is 5.92 Å². The molecular formula is C9H5BrFNO. The van der Waals surface area contributed by atoms with Crippen LogP contribution in [0.2, 0.25) is 0 Å². The van der Waals surface area contributed by atoms with Gasteiger partial charge in [0.1, 0.15) is 5.82 Å². The van der Waals surface area contributed by atoms with Crippen molar-refractivity contribution >= 4 is 27.5 Å². The second kappa shape index (κ2) is 4.06. The Morgan fingerprint density at radius 2 is 2.31 bits per heavy atom. The monoisotopic (exact) mass is 241 g/mol. The normalized spacial score (nSPS) is 9.00. The predicted molar refractivity (Wildman–Crippen MR) is 51.6 cm³/mol. The van der Waals surface area contributed by atoms with Crippen LogP contribution in [-0.2, 0) is 4.79 Å². The first-order valence-electron chi connectivity index (χ1n) is 3.36. The van der Waals surface area contributed by atoms with E-state index in [0.717, 1.165) is 0 Å². The van der Waals surface area contributed by atoms with Crippen LogP contribution in [0.25, 0.3) is 0 Å². The van der Waals surface area contributed by atoms with Gasteiger partial charge < -0.3 is 5.32 Å².